The van der Waals surface area contributed by atoms with Gasteiger partial charge in [0.1, 0.15) is 5.52 Å². The van der Waals surface area contributed by atoms with Crippen molar-refractivity contribution in [3.63, 3.8) is 0 Å². The van der Waals surface area contributed by atoms with Crippen molar-refractivity contribution in [1.82, 2.24) is 4.98 Å². The molecule has 0 atom stereocenters. The Labute approximate surface area is 115 Å². The average Bonchev–Trinajstić information content (AvgIpc) is 2.31. The molecule has 0 unspecified atom stereocenters. The van der Waals surface area contributed by atoms with Gasteiger partial charge in [0, 0.05) is 27.8 Å². The van der Waals surface area contributed by atoms with E-state index >= 15 is 0 Å². The first kappa shape index (κ1) is 13.3. The summed E-state index contributed by atoms with van der Waals surface area (Å²) in [5, 5.41) is 4.18. The summed E-state index contributed by atoms with van der Waals surface area (Å²) in [7, 11) is 0. The zero-order valence-electron chi connectivity index (χ0n) is 10.8. The molecule has 96 valence electrons. The summed E-state index contributed by atoms with van der Waals surface area (Å²) >= 11 is 3.34. The van der Waals surface area contributed by atoms with Gasteiger partial charge in [-0.2, -0.15) is 0 Å². The minimum Gasteiger partial charge on any atom is -0.384 e. The molecule has 0 aliphatic carbocycles. The Hall–Kier alpha value is -1.16. The molecule has 1 aromatic carbocycles. The maximum Gasteiger partial charge on any atom is 0.150 e. The van der Waals surface area contributed by atoms with E-state index in [1.807, 2.05) is 19.9 Å². The lowest BCUT2D eigenvalue weighted by atomic mass is 10.0. The molecule has 0 aliphatic rings. The molecule has 0 fully saturated rings. The average molecular weight is 311 g/mol. The van der Waals surface area contributed by atoms with Crippen LogP contribution in [0.3, 0.4) is 0 Å². The lowest BCUT2D eigenvalue weighted by molar-refractivity contribution is 0.635. The fraction of sp³-hybridized carbons (Fsp3) is 0.357. The van der Waals surface area contributed by atoms with Crippen LogP contribution in [0.25, 0.3) is 10.9 Å². The summed E-state index contributed by atoms with van der Waals surface area (Å²) in [6.45, 7) is 6.86. The van der Waals surface area contributed by atoms with Gasteiger partial charge in [0.2, 0.25) is 0 Å². The third-order valence-corrected chi connectivity index (χ3v) is 3.48. The summed E-state index contributed by atoms with van der Waals surface area (Å²) in [6, 6.07) is 3.37. The molecule has 0 saturated heterocycles. The standard InChI is InChI=1S/C14H16BrFN2/c1-4-10-8(3)18-14-11(13(10)17-5-2)6-9(15)7-12(14)16/h6-7H,4-5H2,1-3H3,(H,17,18). The molecule has 1 aromatic heterocycles. The van der Waals surface area contributed by atoms with E-state index in [2.05, 4.69) is 33.2 Å². The summed E-state index contributed by atoms with van der Waals surface area (Å²) < 4.78 is 14.7. The Morgan fingerprint density at radius 1 is 1.33 bits per heavy atom. The molecule has 0 saturated carbocycles. The number of pyridine rings is 1. The molecular formula is C14H16BrFN2. The van der Waals surface area contributed by atoms with Crippen LogP contribution < -0.4 is 5.32 Å². The van der Waals surface area contributed by atoms with Crippen molar-refractivity contribution in [2.24, 2.45) is 0 Å². The quantitative estimate of drug-likeness (QED) is 0.906. The van der Waals surface area contributed by atoms with Crippen LogP contribution in [0, 0.1) is 12.7 Å². The number of aryl methyl sites for hydroxylation is 1. The monoisotopic (exact) mass is 310 g/mol. The summed E-state index contributed by atoms with van der Waals surface area (Å²) in [5.74, 6) is -0.288. The normalized spacial score (nSPS) is 10.9. The minimum absolute atomic E-state index is 0.288. The van der Waals surface area contributed by atoms with E-state index in [-0.39, 0.29) is 5.82 Å². The van der Waals surface area contributed by atoms with Gasteiger partial charge in [-0.25, -0.2) is 9.37 Å². The highest BCUT2D eigenvalue weighted by atomic mass is 79.9. The Kier molecular flexibility index (Phi) is 3.85. The van der Waals surface area contributed by atoms with Gasteiger partial charge >= 0.3 is 0 Å². The van der Waals surface area contributed by atoms with Crippen molar-refractivity contribution in [2.45, 2.75) is 27.2 Å². The van der Waals surface area contributed by atoms with Gasteiger partial charge in [-0.1, -0.05) is 22.9 Å². The fourth-order valence-electron chi connectivity index (χ4n) is 2.26. The van der Waals surface area contributed by atoms with Gasteiger partial charge in [0.25, 0.3) is 0 Å². The molecule has 2 nitrogen and oxygen atoms in total. The molecule has 0 spiro atoms. The van der Waals surface area contributed by atoms with Crippen LogP contribution in [0.1, 0.15) is 25.1 Å². The zero-order chi connectivity index (χ0) is 13.3. The predicted molar refractivity (Wildman–Crippen MR) is 77.7 cm³/mol. The molecule has 0 aliphatic heterocycles. The number of fused-ring (bicyclic) bond motifs is 1. The second-order valence-corrected chi connectivity index (χ2v) is 5.13. The molecule has 18 heavy (non-hydrogen) atoms. The van der Waals surface area contributed by atoms with Gasteiger partial charge in [0.15, 0.2) is 5.82 Å². The van der Waals surface area contributed by atoms with Gasteiger partial charge in [-0.05, 0) is 38.0 Å². The fourth-order valence-corrected chi connectivity index (χ4v) is 2.69. The maximum atomic E-state index is 14.0. The van der Waals surface area contributed by atoms with Crippen molar-refractivity contribution in [3.8, 4) is 0 Å². The number of nitrogens with one attached hydrogen (secondary N) is 1. The first-order valence-corrected chi connectivity index (χ1v) is 6.89. The number of halogens is 2. The van der Waals surface area contributed by atoms with Crippen molar-refractivity contribution >= 4 is 32.5 Å². The van der Waals surface area contributed by atoms with Crippen LogP contribution in [-0.4, -0.2) is 11.5 Å². The predicted octanol–water partition coefficient (Wildman–Crippen LogP) is 4.44. The Morgan fingerprint density at radius 2 is 2.06 bits per heavy atom. The van der Waals surface area contributed by atoms with Crippen LogP contribution in [-0.2, 0) is 6.42 Å². The molecule has 0 amide bonds. The highest BCUT2D eigenvalue weighted by Crippen LogP contribution is 2.32. The van der Waals surface area contributed by atoms with Crippen LogP contribution >= 0.6 is 15.9 Å². The van der Waals surface area contributed by atoms with Crippen molar-refractivity contribution in [1.29, 1.82) is 0 Å². The third kappa shape index (κ3) is 2.21. The van der Waals surface area contributed by atoms with E-state index in [1.165, 1.54) is 6.07 Å². The summed E-state index contributed by atoms with van der Waals surface area (Å²) in [5.41, 5.74) is 3.48. The van der Waals surface area contributed by atoms with Crippen molar-refractivity contribution < 1.29 is 4.39 Å². The van der Waals surface area contributed by atoms with E-state index < -0.39 is 0 Å². The van der Waals surface area contributed by atoms with Crippen LogP contribution in [0.2, 0.25) is 0 Å². The molecule has 2 aromatic rings. The number of rotatable bonds is 3. The lowest BCUT2D eigenvalue weighted by Crippen LogP contribution is -2.05. The Bertz CT molecular complexity index is 596. The highest BCUT2D eigenvalue weighted by Gasteiger charge is 2.14. The molecule has 0 bridgehead atoms. The zero-order valence-corrected chi connectivity index (χ0v) is 12.4. The molecule has 4 heteroatoms. The minimum atomic E-state index is -0.288. The van der Waals surface area contributed by atoms with Crippen LogP contribution in [0.15, 0.2) is 16.6 Å². The van der Waals surface area contributed by atoms with Crippen molar-refractivity contribution in [3.05, 3.63) is 33.7 Å². The number of benzene rings is 1. The van der Waals surface area contributed by atoms with Crippen LogP contribution in [0.5, 0.6) is 0 Å². The van der Waals surface area contributed by atoms with Gasteiger partial charge in [-0.15, -0.1) is 0 Å². The van der Waals surface area contributed by atoms with Gasteiger partial charge < -0.3 is 5.32 Å². The van der Waals surface area contributed by atoms with E-state index in [4.69, 9.17) is 0 Å². The second kappa shape index (κ2) is 5.22. The largest absolute Gasteiger partial charge is 0.384 e. The van der Waals surface area contributed by atoms with Crippen LogP contribution in [0.4, 0.5) is 10.1 Å². The van der Waals surface area contributed by atoms with Crippen molar-refractivity contribution in [2.75, 3.05) is 11.9 Å². The first-order valence-electron chi connectivity index (χ1n) is 6.10. The van der Waals surface area contributed by atoms with Gasteiger partial charge in [0.05, 0.1) is 0 Å². The number of aromatic nitrogens is 1. The van der Waals surface area contributed by atoms with E-state index in [9.17, 15) is 4.39 Å². The molecule has 1 N–H and O–H groups in total. The molecule has 2 rings (SSSR count). The number of anilines is 1. The Balaban J connectivity index is 2.87. The Morgan fingerprint density at radius 3 is 2.67 bits per heavy atom. The molecule has 1 heterocycles. The van der Waals surface area contributed by atoms with E-state index in [0.717, 1.165) is 39.8 Å². The number of hydrogen-bond acceptors (Lipinski definition) is 2. The first-order chi connectivity index (χ1) is 8.58. The lowest BCUT2D eigenvalue weighted by Gasteiger charge is -2.15. The molecule has 0 radical (unpaired) electrons. The SMILES string of the molecule is CCNc1c(CC)c(C)nc2c(F)cc(Br)cc12. The second-order valence-electron chi connectivity index (χ2n) is 4.22. The van der Waals surface area contributed by atoms with E-state index in [1.54, 1.807) is 0 Å². The summed E-state index contributed by atoms with van der Waals surface area (Å²) in [4.78, 5) is 4.39. The van der Waals surface area contributed by atoms with Gasteiger partial charge in [-0.3, -0.25) is 0 Å². The maximum absolute atomic E-state index is 14.0. The third-order valence-electron chi connectivity index (χ3n) is 3.02. The number of hydrogen-bond donors (Lipinski definition) is 1. The number of nitrogens with zero attached hydrogens (tertiary/aromatic N) is 1. The topological polar surface area (TPSA) is 24.9 Å². The van der Waals surface area contributed by atoms with E-state index in [0.29, 0.717) is 5.52 Å². The highest BCUT2D eigenvalue weighted by molar-refractivity contribution is 9.10. The smallest absolute Gasteiger partial charge is 0.150 e. The molecular weight excluding hydrogens is 295 g/mol. The summed E-state index contributed by atoms with van der Waals surface area (Å²) in [6.07, 6.45) is 0.880.